The predicted molar refractivity (Wildman–Crippen MR) is 126 cm³/mol. The van der Waals surface area contributed by atoms with E-state index >= 15 is 0 Å². The van der Waals surface area contributed by atoms with Crippen LogP contribution in [0.25, 0.3) is 0 Å². The summed E-state index contributed by atoms with van der Waals surface area (Å²) in [6.45, 7) is 0.714. The lowest BCUT2D eigenvalue weighted by Gasteiger charge is -2.17. The van der Waals surface area contributed by atoms with Gasteiger partial charge in [-0.1, -0.05) is 47.5 Å². The summed E-state index contributed by atoms with van der Waals surface area (Å²) in [5.41, 5.74) is 7.98. The van der Waals surface area contributed by atoms with E-state index in [9.17, 15) is 9.59 Å². The molecule has 8 heteroatoms. The molecule has 2 amide bonds. The van der Waals surface area contributed by atoms with Crippen molar-refractivity contribution in [2.75, 3.05) is 16.9 Å². The van der Waals surface area contributed by atoms with Crippen LogP contribution in [0.3, 0.4) is 0 Å². The van der Waals surface area contributed by atoms with Crippen LogP contribution >= 0.6 is 23.2 Å². The molecule has 1 saturated heterocycles. The maximum Gasteiger partial charge on any atom is 0.243 e. The van der Waals surface area contributed by atoms with Crippen molar-refractivity contribution in [1.29, 1.82) is 0 Å². The van der Waals surface area contributed by atoms with Gasteiger partial charge in [0.25, 0.3) is 0 Å². The van der Waals surface area contributed by atoms with Crippen LogP contribution in [0.15, 0.2) is 72.8 Å². The van der Waals surface area contributed by atoms with Crippen LogP contribution in [0.2, 0.25) is 10.0 Å². The number of carbonyl (C=O) groups excluding carboxylic acids is 2. The molecule has 0 unspecified atom stereocenters. The number of rotatable bonds is 7. The second-order valence-corrected chi connectivity index (χ2v) is 8.23. The van der Waals surface area contributed by atoms with Crippen molar-refractivity contribution in [3.05, 3.63) is 88.4 Å². The Bertz CT molecular complexity index is 1110. The highest BCUT2D eigenvalue weighted by molar-refractivity contribution is 6.42. The minimum absolute atomic E-state index is 0.0557. The van der Waals surface area contributed by atoms with Crippen LogP contribution in [0.1, 0.15) is 12.0 Å². The Morgan fingerprint density at radius 2 is 1.75 bits per heavy atom. The van der Waals surface area contributed by atoms with Gasteiger partial charge in [-0.2, -0.15) is 0 Å². The molecule has 0 bridgehead atoms. The number of hydrogen-bond donors (Lipinski definition) is 2. The summed E-state index contributed by atoms with van der Waals surface area (Å²) in [7, 11) is 0. The van der Waals surface area contributed by atoms with E-state index in [1.54, 1.807) is 41.3 Å². The topological polar surface area (TPSA) is 70.7 Å². The van der Waals surface area contributed by atoms with Gasteiger partial charge in [0.15, 0.2) is 0 Å². The molecule has 1 aliphatic rings. The van der Waals surface area contributed by atoms with E-state index in [0.29, 0.717) is 34.6 Å². The number of amides is 2. The Morgan fingerprint density at radius 3 is 2.47 bits per heavy atom. The van der Waals surface area contributed by atoms with Gasteiger partial charge in [-0.25, -0.2) is 0 Å². The molecule has 6 nitrogen and oxygen atoms in total. The van der Waals surface area contributed by atoms with E-state index in [0.717, 1.165) is 11.3 Å². The van der Waals surface area contributed by atoms with Gasteiger partial charge in [0.1, 0.15) is 12.4 Å². The quantitative estimate of drug-likeness (QED) is 0.474. The second kappa shape index (κ2) is 9.94. The molecule has 0 aliphatic carbocycles. The van der Waals surface area contributed by atoms with Gasteiger partial charge < -0.3 is 9.64 Å². The Morgan fingerprint density at radius 1 is 1.00 bits per heavy atom. The van der Waals surface area contributed by atoms with Gasteiger partial charge in [0.05, 0.1) is 21.7 Å². The molecule has 1 heterocycles. The number of carbonyl (C=O) groups is 2. The standard InChI is InChI=1S/C24H21Cl2N3O3/c25-21-11-6-16(12-22(21)26)15-32-20-9-7-18(8-10-20)27-28-24(31)17-13-23(30)29(14-17)19-4-2-1-3-5-19/h1-12,17,27H,13-15H2,(H,28,31)/t17-/m1/s1. The van der Waals surface area contributed by atoms with Gasteiger partial charge in [-0.05, 0) is 54.1 Å². The zero-order valence-corrected chi connectivity index (χ0v) is 18.6. The summed E-state index contributed by atoms with van der Waals surface area (Å²) in [5.74, 6) is -0.0200. The maximum absolute atomic E-state index is 12.5. The van der Waals surface area contributed by atoms with Crippen molar-refractivity contribution in [3.8, 4) is 5.75 Å². The van der Waals surface area contributed by atoms with E-state index in [4.69, 9.17) is 27.9 Å². The minimum atomic E-state index is -0.413. The van der Waals surface area contributed by atoms with Crippen molar-refractivity contribution >= 4 is 46.4 Å². The van der Waals surface area contributed by atoms with Crippen LogP contribution in [0.5, 0.6) is 5.75 Å². The number of nitrogens with zero attached hydrogens (tertiary/aromatic N) is 1. The molecule has 0 spiro atoms. The first-order valence-corrected chi connectivity index (χ1v) is 10.8. The molecule has 3 aromatic carbocycles. The number of para-hydroxylation sites is 1. The molecular formula is C24H21Cl2N3O3. The third kappa shape index (κ3) is 5.33. The third-order valence-electron chi connectivity index (χ3n) is 5.14. The number of nitrogens with one attached hydrogen (secondary N) is 2. The van der Waals surface area contributed by atoms with Gasteiger partial charge in [0, 0.05) is 18.7 Å². The monoisotopic (exact) mass is 469 g/mol. The van der Waals surface area contributed by atoms with E-state index < -0.39 is 5.92 Å². The lowest BCUT2D eigenvalue weighted by molar-refractivity contribution is -0.125. The summed E-state index contributed by atoms with van der Waals surface area (Å²) < 4.78 is 5.75. The van der Waals surface area contributed by atoms with Crippen molar-refractivity contribution in [2.45, 2.75) is 13.0 Å². The van der Waals surface area contributed by atoms with E-state index in [-0.39, 0.29) is 18.2 Å². The van der Waals surface area contributed by atoms with E-state index in [1.807, 2.05) is 36.4 Å². The Balaban J connectivity index is 1.26. The molecule has 164 valence electrons. The fraction of sp³-hybridized carbons (Fsp3) is 0.167. The van der Waals surface area contributed by atoms with Gasteiger partial charge in [-0.15, -0.1) is 0 Å². The molecule has 0 saturated carbocycles. The first-order chi connectivity index (χ1) is 15.5. The summed E-state index contributed by atoms with van der Waals surface area (Å²) >= 11 is 11.9. The first-order valence-electron chi connectivity index (χ1n) is 10.1. The number of ether oxygens (including phenoxy) is 1. The fourth-order valence-corrected chi connectivity index (χ4v) is 3.73. The Labute approximate surface area is 196 Å². The van der Waals surface area contributed by atoms with Crippen molar-refractivity contribution < 1.29 is 14.3 Å². The Kier molecular flexibility index (Phi) is 6.83. The molecule has 32 heavy (non-hydrogen) atoms. The Hall–Kier alpha value is -3.22. The smallest absolute Gasteiger partial charge is 0.243 e. The second-order valence-electron chi connectivity index (χ2n) is 7.42. The zero-order chi connectivity index (χ0) is 22.5. The molecule has 1 fully saturated rings. The molecule has 3 aromatic rings. The number of hydrogen-bond acceptors (Lipinski definition) is 4. The molecule has 2 N–H and O–H groups in total. The number of halogens is 2. The van der Waals surface area contributed by atoms with E-state index in [2.05, 4.69) is 10.9 Å². The summed E-state index contributed by atoms with van der Waals surface area (Å²) in [6, 6.07) is 21.9. The highest BCUT2D eigenvalue weighted by Gasteiger charge is 2.35. The number of hydrazine groups is 1. The highest BCUT2D eigenvalue weighted by Crippen LogP contribution is 2.26. The molecule has 1 atom stereocenters. The van der Waals surface area contributed by atoms with Crippen LogP contribution in [-0.4, -0.2) is 18.4 Å². The van der Waals surface area contributed by atoms with Gasteiger partial charge >= 0.3 is 0 Å². The summed E-state index contributed by atoms with van der Waals surface area (Å²) in [4.78, 5) is 26.5. The lowest BCUT2D eigenvalue weighted by Crippen LogP contribution is -2.36. The average Bonchev–Trinajstić information content (AvgIpc) is 3.21. The van der Waals surface area contributed by atoms with Crippen LogP contribution in [0.4, 0.5) is 11.4 Å². The molecule has 4 rings (SSSR count). The molecule has 1 aliphatic heterocycles. The van der Waals surface area contributed by atoms with Crippen molar-refractivity contribution in [2.24, 2.45) is 5.92 Å². The lowest BCUT2D eigenvalue weighted by atomic mass is 10.1. The number of benzene rings is 3. The molecule has 0 aromatic heterocycles. The molecule has 0 radical (unpaired) electrons. The van der Waals surface area contributed by atoms with Gasteiger partial charge in [0.2, 0.25) is 11.8 Å². The average molecular weight is 470 g/mol. The molecular weight excluding hydrogens is 449 g/mol. The fourth-order valence-electron chi connectivity index (χ4n) is 3.41. The summed E-state index contributed by atoms with van der Waals surface area (Å²) in [6.07, 6.45) is 0.184. The van der Waals surface area contributed by atoms with Crippen molar-refractivity contribution in [1.82, 2.24) is 5.43 Å². The summed E-state index contributed by atoms with van der Waals surface area (Å²) in [5, 5.41) is 0.988. The zero-order valence-electron chi connectivity index (χ0n) is 17.1. The predicted octanol–water partition coefficient (Wildman–Crippen LogP) is 5.07. The van der Waals surface area contributed by atoms with Crippen LogP contribution in [-0.2, 0) is 16.2 Å². The van der Waals surface area contributed by atoms with E-state index in [1.165, 1.54) is 0 Å². The minimum Gasteiger partial charge on any atom is -0.489 e. The largest absolute Gasteiger partial charge is 0.489 e. The van der Waals surface area contributed by atoms with Crippen molar-refractivity contribution in [3.63, 3.8) is 0 Å². The van der Waals surface area contributed by atoms with Crippen LogP contribution < -0.4 is 20.5 Å². The van der Waals surface area contributed by atoms with Gasteiger partial charge in [-0.3, -0.25) is 20.4 Å². The third-order valence-corrected chi connectivity index (χ3v) is 5.88. The SMILES string of the molecule is O=C(NNc1ccc(OCc2ccc(Cl)c(Cl)c2)cc1)[C@@H]1CC(=O)N(c2ccccc2)C1. The highest BCUT2D eigenvalue weighted by atomic mass is 35.5. The van der Waals surface area contributed by atoms with Crippen LogP contribution in [0, 0.1) is 5.92 Å². The number of anilines is 2. The first kappa shape index (κ1) is 22.0. The normalized spacial score (nSPS) is 15.5. The maximum atomic E-state index is 12.5.